The molecule has 0 aromatic heterocycles. The Kier molecular flexibility index (Phi) is 2.67. The van der Waals surface area contributed by atoms with Crippen LogP contribution in [0.2, 0.25) is 0 Å². The molecule has 0 aliphatic rings. The zero-order valence-electron chi connectivity index (χ0n) is 5.41. The summed E-state index contributed by atoms with van der Waals surface area (Å²) in [5, 5.41) is 8.86. The van der Waals surface area contributed by atoms with E-state index >= 15 is 0 Å². The van der Waals surface area contributed by atoms with Gasteiger partial charge in [-0.1, -0.05) is 12.1 Å². The number of aromatic hydroxyl groups is 1. The molecule has 0 heterocycles. The molecule has 1 aromatic rings. The molecule has 0 radical (unpaired) electrons. The van der Waals surface area contributed by atoms with Crippen molar-refractivity contribution < 1.29 is 10.00 Å². The lowest BCUT2D eigenvalue weighted by molar-refractivity contribution is 0.475. The van der Waals surface area contributed by atoms with E-state index in [0.717, 1.165) is 5.56 Å². The van der Waals surface area contributed by atoms with Crippen LogP contribution in [0.4, 0.5) is 0 Å². The third-order valence-electron chi connectivity index (χ3n) is 1.22. The van der Waals surface area contributed by atoms with E-state index in [0.29, 0.717) is 6.16 Å². The Bertz CT molecular complexity index is 195. The third-order valence-corrected chi connectivity index (χ3v) is 1.79. The van der Waals surface area contributed by atoms with Gasteiger partial charge in [-0.2, -0.15) is 0 Å². The minimum atomic E-state index is -0.0496. The maximum atomic E-state index is 8.86. The molecule has 3 heteroatoms. The largest absolute Gasteiger partial charge is 0.508 e. The Labute approximate surface area is 61.4 Å². The second-order valence-electron chi connectivity index (χ2n) is 2.00. The summed E-state index contributed by atoms with van der Waals surface area (Å²) >= 11 is 0. The first-order chi connectivity index (χ1) is 4.83. The van der Waals surface area contributed by atoms with Crippen LogP contribution in [0.3, 0.4) is 0 Å². The van der Waals surface area contributed by atoms with Crippen molar-refractivity contribution in [3.8, 4) is 5.75 Å². The maximum absolute atomic E-state index is 8.86. The van der Waals surface area contributed by atoms with Crippen LogP contribution in [0.15, 0.2) is 24.3 Å². The molecule has 0 amide bonds. The van der Waals surface area contributed by atoms with Crippen LogP contribution in [-0.4, -0.2) is 10.00 Å². The summed E-state index contributed by atoms with van der Waals surface area (Å²) in [5.41, 5.74) is 1.05. The summed E-state index contributed by atoms with van der Waals surface area (Å²) in [6, 6.07) is 6.85. The van der Waals surface area contributed by atoms with Gasteiger partial charge in [0, 0.05) is 15.0 Å². The molecule has 1 aromatic carbocycles. The van der Waals surface area contributed by atoms with Gasteiger partial charge >= 0.3 is 0 Å². The van der Waals surface area contributed by atoms with E-state index in [4.69, 9.17) is 10.00 Å². The van der Waals surface area contributed by atoms with Crippen molar-refractivity contribution in [1.29, 1.82) is 0 Å². The standard InChI is InChI=1S/C7H9O2P/c8-7-3-1-6(2-4-7)5-10-9/h1-4,8-10H,5H2. The first-order valence-corrected chi connectivity index (χ1v) is 4.13. The van der Waals surface area contributed by atoms with E-state index in [9.17, 15) is 0 Å². The molecular formula is C7H9O2P. The molecule has 0 aliphatic heterocycles. The summed E-state index contributed by atoms with van der Waals surface area (Å²) in [4.78, 5) is 8.55. The second-order valence-corrected chi connectivity index (χ2v) is 2.67. The Morgan fingerprint density at radius 3 is 2.30 bits per heavy atom. The first kappa shape index (κ1) is 7.52. The molecule has 0 saturated carbocycles. The van der Waals surface area contributed by atoms with Crippen molar-refractivity contribution in [2.75, 3.05) is 0 Å². The molecule has 0 spiro atoms. The molecule has 1 atom stereocenters. The number of hydrogen-bond donors (Lipinski definition) is 2. The van der Waals surface area contributed by atoms with Crippen molar-refractivity contribution in [2.24, 2.45) is 0 Å². The van der Waals surface area contributed by atoms with E-state index in [2.05, 4.69) is 0 Å². The summed E-state index contributed by atoms with van der Waals surface area (Å²) in [6.07, 6.45) is 0.681. The highest BCUT2D eigenvalue weighted by Crippen LogP contribution is 2.16. The molecule has 0 fully saturated rings. The van der Waals surface area contributed by atoms with Crippen molar-refractivity contribution >= 4 is 8.81 Å². The zero-order chi connectivity index (χ0) is 7.40. The Balaban J connectivity index is 2.69. The van der Waals surface area contributed by atoms with Crippen molar-refractivity contribution in [3.05, 3.63) is 29.8 Å². The van der Waals surface area contributed by atoms with Gasteiger partial charge in [-0.25, -0.2) is 0 Å². The monoisotopic (exact) mass is 156 g/mol. The van der Waals surface area contributed by atoms with Crippen LogP contribution in [-0.2, 0) is 6.16 Å². The lowest BCUT2D eigenvalue weighted by atomic mass is 10.2. The summed E-state index contributed by atoms with van der Waals surface area (Å²) in [7, 11) is -0.0496. The van der Waals surface area contributed by atoms with Crippen LogP contribution >= 0.6 is 8.81 Å². The van der Waals surface area contributed by atoms with E-state index in [1.807, 2.05) is 0 Å². The fraction of sp³-hybridized carbons (Fsp3) is 0.143. The highest BCUT2D eigenvalue weighted by atomic mass is 31.1. The molecule has 2 nitrogen and oxygen atoms in total. The van der Waals surface area contributed by atoms with Gasteiger partial charge in [-0.15, -0.1) is 0 Å². The number of rotatable bonds is 2. The molecular weight excluding hydrogens is 147 g/mol. The average molecular weight is 156 g/mol. The number of phenols is 1. The van der Waals surface area contributed by atoms with Crippen LogP contribution in [0, 0.1) is 0 Å². The Hall–Kier alpha value is -0.590. The van der Waals surface area contributed by atoms with E-state index in [-0.39, 0.29) is 14.6 Å². The number of benzene rings is 1. The normalized spacial score (nSPS) is 10.9. The maximum Gasteiger partial charge on any atom is 0.115 e. The van der Waals surface area contributed by atoms with Gasteiger partial charge in [-0.05, 0) is 17.7 Å². The van der Waals surface area contributed by atoms with Crippen LogP contribution in [0.25, 0.3) is 0 Å². The second kappa shape index (κ2) is 3.55. The lowest BCUT2D eigenvalue weighted by Crippen LogP contribution is -1.75. The first-order valence-electron chi connectivity index (χ1n) is 2.98. The van der Waals surface area contributed by atoms with Crippen LogP contribution in [0.5, 0.6) is 5.75 Å². The highest BCUT2D eigenvalue weighted by molar-refractivity contribution is 7.30. The summed E-state index contributed by atoms with van der Waals surface area (Å²) in [6.45, 7) is 0. The molecule has 1 unspecified atom stereocenters. The van der Waals surface area contributed by atoms with Gasteiger partial charge < -0.3 is 10.00 Å². The molecule has 2 N–H and O–H groups in total. The average Bonchev–Trinajstić information content (AvgIpc) is 1.95. The quantitative estimate of drug-likeness (QED) is 0.636. The van der Waals surface area contributed by atoms with E-state index < -0.39 is 0 Å². The van der Waals surface area contributed by atoms with Gasteiger partial charge in [0.15, 0.2) is 0 Å². The van der Waals surface area contributed by atoms with Gasteiger partial charge in [-0.3, -0.25) is 0 Å². The van der Waals surface area contributed by atoms with Gasteiger partial charge in [0.2, 0.25) is 0 Å². The minimum Gasteiger partial charge on any atom is -0.508 e. The molecule has 1 rings (SSSR count). The fourth-order valence-electron chi connectivity index (χ4n) is 0.705. The highest BCUT2D eigenvalue weighted by Gasteiger charge is 1.90. The van der Waals surface area contributed by atoms with E-state index in [1.165, 1.54) is 0 Å². The fourth-order valence-corrected chi connectivity index (χ4v) is 1.12. The molecule has 0 aliphatic carbocycles. The third kappa shape index (κ3) is 1.98. The van der Waals surface area contributed by atoms with Crippen molar-refractivity contribution in [2.45, 2.75) is 6.16 Å². The predicted molar refractivity (Wildman–Crippen MR) is 42.3 cm³/mol. The Morgan fingerprint density at radius 1 is 1.20 bits per heavy atom. The van der Waals surface area contributed by atoms with Gasteiger partial charge in [0.25, 0.3) is 0 Å². The minimum absolute atomic E-state index is 0.0496. The zero-order valence-corrected chi connectivity index (χ0v) is 6.41. The molecule has 0 bridgehead atoms. The number of phenolic OH excluding ortho intramolecular Hbond substituents is 1. The lowest BCUT2D eigenvalue weighted by Gasteiger charge is -1.96. The molecule has 54 valence electrons. The number of hydrogen-bond acceptors (Lipinski definition) is 2. The van der Waals surface area contributed by atoms with Gasteiger partial charge in [0.1, 0.15) is 5.75 Å². The Morgan fingerprint density at radius 2 is 1.80 bits per heavy atom. The topological polar surface area (TPSA) is 40.5 Å². The van der Waals surface area contributed by atoms with Crippen LogP contribution < -0.4 is 0 Å². The van der Waals surface area contributed by atoms with Crippen LogP contribution in [0.1, 0.15) is 5.56 Å². The van der Waals surface area contributed by atoms with Crippen molar-refractivity contribution in [3.63, 3.8) is 0 Å². The molecule has 0 saturated heterocycles. The van der Waals surface area contributed by atoms with Crippen molar-refractivity contribution in [1.82, 2.24) is 0 Å². The molecule has 10 heavy (non-hydrogen) atoms. The smallest absolute Gasteiger partial charge is 0.115 e. The SMILES string of the molecule is OPCc1ccc(O)cc1. The van der Waals surface area contributed by atoms with E-state index in [1.54, 1.807) is 24.3 Å². The van der Waals surface area contributed by atoms with Gasteiger partial charge in [0.05, 0.1) is 0 Å². The summed E-state index contributed by atoms with van der Waals surface area (Å²) in [5.74, 6) is 0.269. The summed E-state index contributed by atoms with van der Waals surface area (Å²) < 4.78 is 0. The predicted octanol–water partition coefficient (Wildman–Crippen LogP) is 1.48.